The summed E-state index contributed by atoms with van der Waals surface area (Å²) in [5, 5.41) is 3.16. The van der Waals surface area contributed by atoms with E-state index in [0.717, 1.165) is 9.48 Å². The van der Waals surface area contributed by atoms with E-state index in [1.807, 2.05) is 6.92 Å². The molecule has 0 aliphatic rings. The lowest BCUT2D eigenvalue weighted by molar-refractivity contribution is 0.102. The van der Waals surface area contributed by atoms with Gasteiger partial charge in [-0.25, -0.2) is 9.97 Å². The van der Waals surface area contributed by atoms with E-state index >= 15 is 0 Å². The van der Waals surface area contributed by atoms with Crippen LogP contribution in [0.25, 0.3) is 0 Å². The minimum absolute atomic E-state index is 0.275. The molecule has 2 rings (SSSR count). The van der Waals surface area contributed by atoms with Crippen molar-refractivity contribution in [2.75, 3.05) is 5.32 Å². The zero-order valence-corrected chi connectivity index (χ0v) is 10.7. The van der Waals surface area contributed by atoms with Crippen LogP contribution in [0.4, 0.5) is 5.13 Å². The first-order valence-electron chi connectivity index (χ1n) is 4.36. The first-order chi connectivity index (χ1) is 7.65. The molecule has 0 saturated heterocycles. The number of nitrogens with one attached hydrogen (secondary N) is 1. The summed E-state index contributed by atoms with van der Waals surface area (Å²) in [4.78, 5) is 23.6. The summed E-state index contributed by atoms with van der Waals surface area (Å²) in [7, 11) is 0. The van der Waals surface area contributed by atoms with Crippen molar-refractivity contribution in [3.8, 4) is 0 Å². The van der Waals surface area contributed by atoms with Crippen LogP contribution in [0.2, 0.25) is 0 Å². The van der Waals surface area contributed by atoms with Crippen LogP contribution in [0.15, 0.2) is 22.4 Å². The first kappa shape index (κ1) is 11.2. The fourth-order valence-corrected chi connectivity index (χ4v) is 2.08. The molecule has 0 aromatic carbocycles. The SMILES string of the molecule is Cc1cnc(C(=O)Nc2ncc(Br)s2)cn1. The lowest BCUT2D eigenvalue weighted by Crippen LogP contribution is -2.13. The van der Waals surface area contributed by atoms with Gasteiger partial charge in [-0.2, -0.15) is 0 Å². The van der Waals surface area contributed by atoms with Gasteiger partial charge in [0.2, 0.25) is 0 Å². The Morgan fingerprint density at radius 2 is 2.12 bits per heavy atom. The molecular formula is C9H7BrN4OS. The van der Waals surface area contributed by atoms with Gasteiger partial charge in [-0.3, -0.25) is 15.1 Å². The Labute approximate surface area is 104 Å². The second-order valence-corrected chi connectivity index (χ2v) is 5.38. The van der Waals surface area contributed by atoms with Gasteiger partial charge < -0.3 is 0 Å². The third-order valence-electron chi connectivity index (χ3n) is 1.71. The van der Waals surface area contributed by atoms with Crippen LogP contribution < -0.4 is 5.32 Å². The highest BCUT2D eigenvalue weighted by atomic mass is 79.9. The monoisotopic (exact) mass is 298 g/mol. The average Bonchev–Trinajstić information content (AvgIpc) is 2.65. The Morgan fingerprint density at radius 1 is 1.31 bits per heavy atom. The van der Waals surface area contributed by atoms with Crippen LogP contribution >= 0.6 is 27.3 Å². The number of anilines is 1. The summed E-state index contributed by atoms with van der Waals surface area (Å²) < 4.78 is 0.859. The number of carbonyl (C=O) groups is 1. The Morgan fingerprint density at radius 3 is 2.69 bits per heavy atom. The normalized spacial score (nSPS) is 10.1. The van der Waals surface area contributed by atoms with Crippen molar-refractivity contribution in [1.82, 2.24) is 15.0 Å². The molecule has 0 atom stereocenters. The van der Waals surface area contributed by atoms with Crippen molar-refractivity contribution < 1.29 is 4.79 Å². The van der Waals surface area contributed by atoms with Crippen LogP contribution in [0.3, 0.4) is 0 Å². The van der Waals surface area contributed by atoms with Crippen LogP contribution in [-0.4, -0.2) is 20.9 Å². The van der Waals surface area contributed by atoms with Gasteiger partial charge in [-0.05, 0) is 22.9 Å². The lowest BCUT2D eigenvalue weighted by Gasteiger charge is -1.99. The summed E-state index contributed by atoms with van der Waals surface area (Å²) in [5.41, 5.74) is 1.05. The van der Waals surface area contributed by atoms with Gasteiger partial charge in [-0.15, -0.1) is 0 Å². The van der Waals surface area contributed by atoms with Crippen molar-refractivity contribution in [2.45, 2.75) is 6.92 Å². The maximum atomic E-state index is 11.7. The summed E-state index contributed by atoms with van der Waals surface area (Å²) in [6, 6.07) is 0. The molecule has 0 unspecified atom stereocenters. The van der Waals surface area contributed by atoms with Crippen LogP contribution in [0.1, 0.15) is 16.2 Å². The zero-order chi connectivity index (χ0) is 11.5. The van der Waals surface area contributed by atoms with Crippen LogP contribution in [0.5, 0.6) is 0 Å². The summed E-state index contributed by atoms with van der Waals surface area (Å²) >= 11 is 4.60. The van der Waals surface area contributed by atoms with E-state index in [0.29, 0.717) is 5.13 Å². The molecule has 0 saturated carbocycles. The highest BCUT2D eigenvalue weighted by molar-refractivity contribution is 9.11. The standard InChI is InChI=1S/C9H7BrN4OS/c1-5-2-12-6(3-11-5)8(15)14-9-13-4-7(10)16-9/h2-4H,1H3,(H,13,14,15). The fourth-order valence-electron chi connectivity index (χ4n) is 0.983. The molecule has 82 valence electrons. The third-order valence-corrected chi connectivity index (χ3v) is 3.10. The number of nitrogens with zero attached hydrogens (tertiary/aromatic N) is 3. The summed E-state index contributed by atoms with van der Waals surface area (Å²) in [6.07, 6.45) is 4.61. The van der Waals surface area contributed by atoms with Gasteiger partial charge in [0.05, 0.1) is 21.9 Å². The lowest BCUT2D eigenvalue weighted by atomic mass is 10.4. The molecule has 0 radical (unpaired) electrons. The predicted octanol–water partition coefficient (Wildman–Crippen LogP) is 2.26. The molecule has 0 fully saturated rings. The zero-order valence-electron chi connectivity index (χ0n) is 8.27. The average molecular weight is 299 g/mol. The maximum Gasteiger partial charge on any atom is 0.277 e. The molecular weight excluding hydrogens is 292 g/mol. The Kier molecular flexibility index (Phi) is 3.25. The molecule has 16 heavy (non-hydrogen) atoms. The van der Waals surface area contributed by atoms with E-state index in [1.54, 1.807) is 12.4 Å². The molecule has 0 aliphatic heterocycles. The maximum absolute atomic E-state index is 11.7. The fraction of sp³-hybridized carbons (Fsp3) is 0.111. The number of aryl methyl sites for hydroxylation is 1. The van der Waals surface area contributed by atoms with Gasteiger partial charge in [0, 0.05) is 6.20 Å². The minimum atomic E-state index is -0.311. The van der Waals surface area contributed by atoms with Crippen LogP contribution in [0, 0.1) is 6.92 Å². The predicted molar refractivity (Wildman–Crippen MR) is 64.5 cm³/mol. The molecule has 1 N–H and O–H groups in total. The molecule has 0 bridgehead atoms. The Hall–Kier alpha value is -1.34. The second-order valence-electron chi connectivity index (χ2n) is 2.97. The number of rotatable bonds is 2. The number of amides is 1. The molecule has 2 aromatic rings. The van der Waals surface area contributed by atoms with Gasteiger partial charge in [0.15, 0.2) is 5.13 Å². The van der Waals surface area contributed by atoms with Crippen molar-refractivity contribution in [2.24, 2.45) is 0 Å². The van der Waals surface area contributed by atoms with Crippen molar-refractivity contribution in [1.29, 1.82) is 0 Å². The Balaban J connectivity index is 2.11. The van der Waals surface area contributed by atoms with E-state index in [1.165, 1.54) is 17.5 Å². The number of halogens is 1. The highest BCUT2D eigenvalue weighted by Gasteiger charge is 2.09. The molecule has 7 heteroatoms. The largest absolute Gasteiger partial charge is 0.296 e. The summed E-state index contributed by atoms with van der Waals surface area (Å²) in [5.74, 6) is -0.311. The number of hydrogen-bond acceptors (Lipinski definition) is 5. The highest BCUT2D eigenvalue weighted by Crippen LogP contribution is 2.23. The molecule has 1 amide bonds. The molecule has 2 aromatic heterocycles. The van der Waals surface area contributed by atoms with Gasteiger partial charge in [-0.1, -0.05) is 11.3 Å². The quantitative estimate of drug-likeness (QED) is 0.923. The van der Waals surface area contributed by atoms with E-state index < -0.39 is 0 Å². The topological polar surface area (TPSA) is 67.8 Å². The number of hydrogen-bond donors (Lipinski definition) is 1. The van der Waals surface area contributed by atoms with E-state index in [9.17, 15) is 4.79 Å². The number of thiazole rings is 1. The van der Waals surface area contributed by atoms with E-state index in [2.05, 4.69) is 36.2 Å². The molecule has 0 aliphatic carbocycles. The Bertz CT molecular complexity index is 510. The smallest absolute Gasteiger partial charge is 0.277 e. The van der Waals surface area contributed by atoms with Crippen molar-refractivity contribution in [3.63, 3.8) is 0 Å². The summed E-state index contributed by atoms with van der Waals surface area (Å²) in [6.45, 7) is 1.81. The van der Waals surface area contributed by atoms with E-state index in [-0.39, 0.29) is 11.6 Å². The van der Waals surface area contributed by atoms with Crippen molar-refractivity contribution in [3.05, 3.63) is 33.8 Å². The third kappa shape index (κ3) is 2.61. The van der Waals surface area contributed by atoms with Gasteiger partial charge in [0.25, 0.3) is 5.91 Å². The second kappa shape index (κ2) is 4.67. The van der Waals surface area contributed by atoms with Gasteiger partial charge in [0.1, 0.15) is 5.69 Å². The van der Waals surface area contributed by atoms with Crippen LogP contribution in [-0.2, 0) is 0 Å². The van der Waals surface area contributed by atoms with E-state index in [4.69, 9.17) is 0 Å². The molecule has 2 heterocycles. The number of aromatic nitrogens is 3. The molecule has 5 nitrogen and oxygen atoms in total. The van der Waals surface area contributed by atoms with Crippen molar-refractivity contribution >= 4 is 38.3 Å². The first-order valence-corrected chi connectivity index (χ1v) is 5.97. The molecule has 0 spiro atoms. The van der Waals surface area contributed by atoms with Gasteiger partial charge >= 0.3 is 0 Å². The minimum Gasteiger partial charge on any atom is -0.296 e. The number of carbonyl (C=O) groups excluding carboxylic acids is 1.